The van der Waals surface area contributed by atoms with Gasteiger partial charge in [0.2, 0.25) is 0 Å². The van der Waals surface area contributed by atoms with Crippen LogP contribution in [0.5, 0.6) is 5.95 Å². The highest BCUT2D eigenvalue weighted by molar-refractivity contribution is 6.09. The molecule has 0 aliphatic rings. The monoisotopic (exact) mass is 283 g/mol. The molecule has 0 radical (unpaired) electrons. The van der Waals surface area contributed by atoms with Gasteiger partial charge in [0, 0.05) is 11.8 Å². The van der Waals surface area contributed by atoms with E-state index in [1.165, 1.54) is 12.1 Å². The predicted octanol–water partition coefficient (Wildman–Crippen LogP) is 2.18. The molecule has 1 heterocycles. The SMILES string of the molecule is NCCC(=O)c1cc2c(ccc3ccc(=O)cc32)oc1O. The van der Waals surface area contributed by atoms with E-state index < -0.39 is 5.95 Å². The molecule has 0 saturated carbocycles. The molecule has 5 nitrogen and oxygen atoms in total. The van der Waals surface area contributed by atoms with Gasteiger partial charge in [-0.25, -0.2) is 0 Å². The summed E-state index contributed by atoms with van der Waals surface area (Å²) in [7, 11) is 0. The van der Waals surface area contributed by atoms with Crippen LogP contribution >= 0.6 is 0 Å². The molecule has 5 heteroatoms. The van der Waals surface area contributed by atoms with Crippen molar-refractivity contribution in [2.75, 3.05) is 6.54 Å². The highest BCUT2D eigenvalue weighted by atomic mass is 16.5. The van der Waals surface area contributed by atoms with Crippen LogP contribution in [0.25, 0.3) is 21.7 Å². The number of carbonyl (C=O) groups is 1. The third-order valence-electron chi connectivity index (χ3n) is 3.39. The second-order valence-corrected chi connectivity index (χ2v) is 4.79. The van der Waals surface area contributed by atoms with Gasteiger partial charge in [0.05, 0.1) is 5.56 Å². The van der Waals surface area contributed by atoms with Gasteiger partial charge in [0.1, 0.15) is 5.58 Å². The first kappa shape index (κ1) is 13.3. The van der Waals surface area contributed by atoms with Crippen molar-refractivity contribution in [3.05, 3.63) is 52.2 Å². The van der Waals surface area contributed by atoms with Crippen LogP contribution in [0, 0.1) is 0 Å². The van der Waals surface area contributed by atoms with Gasteiger partial charge in [-0.2, -0.15) is 0 Å². The second kappa shape index (κ2) is 5.03. The van der Waals surface area contributed by atoms with Gasteiger partial charge >= 0.3 is 0 Å². The molecular formula is C16H13NO4. The lowest BCUT2D eigenvalue weighted by atomic mass is 10.0. The summed E-state index contributed by atoms with van der Waals surface area (Å²) in [4.78, 5) is 23.5. The molecular weight excluding hydrogens is 270 g/mol. The fourth-order valence-electron chi connectivity index (χ4n) is 2.37. The standard InChI is InChI=1S/C16H13NO4/c17-6-5-14(19)13-8-12-11-7-10(18)3-1-9(11)2-4-15(12)21-16(13)20/h1-4,7-8,20H,5-6,17H2. The Bertz CT molecular complexity index is 911. The fraction of sp³-hybridized carbons (Fsp3) is 0.125. The minimum absolute atomic E-state index is 0.0803. The minimum atomic E-state index is -0.432. The van der Waals surface area contributed by atoms with Crippen molar-refractivity contribution in [2.45, 2.75) is 6.42 Å². The number of rotatable bonds is 3. The van der Waals surface area contributed by atoms with E-state index >= 15 is 0 Å². The average molecular weight is 283 g/mol. The van der Waals surface area contributed by atoms with E-state index in [2.05, 4.69) is 0 Å². The Balaban J connectivity index is 2.36. The quantitative estimate of drug-likeness (QED) is 0.567. The van der Waals surface area contributed by atoms with Gasteiger partial charge in [0.15, 0.2) is 11.2 Å². The van der Waals surface area contributed by atoms with Gasteiger partial charge in [-0.15, -0.1) is 0 Å². The summed E-state index contributed by atoms with van der Waals surface area (Å²) in [5, 5.41) is 12.0. The number of aromatic hydroxyl groups is 1. The Hall–Kier alpha value is -2.66. The maximum atomic E-state index is 12.0. The number of benzene rings is 2. The zero-order chi connectivity index (χ0) is 15.0. The molecule has 0 spiro atoms. The van der Waals surface area contributed by atoms with Crippen LogP contribution < -0.4 is 11.2 Å². The maximum Gasteiger partial charge on any atom is 0.293 e. The van der Waals surface area contributed by atoms with Gasteiger partial charge in [-0.3, -0.25) is 9.59 Å². The molecule has 0 bridgehead atoms. The zero-order valence-electron chi connectivity index (χ0n) is 11.1. The lowest BCUT2D eigenvalue weighted by molar-refractivity contribution is 0.0979. The van der Waals surface area contributed by atoms with E-state index in [9.17, 15) is 14.7 Å². The Morgan fingerprint density at radius 3 is 2.67 bits per heavy atom. The summed E-state index contributed by atoms with van der Waals surface area (Å²) in [5.74, 6) is -0.727. The molecule has 0 fully saturated rings. The van der Waals surface area contributed by atoms with E-state index in [1.54, 1.807) is 24.3 Å². The first-order valence-corrected chi connectivity index (χ1v) is 6.53. The molecule has 0 aliphatic heterocycles. The minimum Gasteiger partial charge on any atom is -0.480 e. The van der Waals surface area contributed by atoms with Crippen LogP contribution in [-0.2, 0) is 0 Å². The van der Waals surface area contributed by atoms with Crippen molar-refractivity contribution < 1.29 is 14.3 Å². The molecule has 0 unspecified atom stereocenters. The van der Waals surface area contributed by atoms with Crippen molar-refractivity contribution in [3.63, 3.8) is 0 Å². The number of Topliss-reactive ketones (excluding diaryl/α,β-unsaturated/α-hetero) is 1. The number of fused-ring (bicyclic) bond motifs is 3. The summed E-state index contributed by atoms with van der Waals surface area (Å²) >= 11 is 0. The average Bonchev–Trinajstić information content (AvgIpc) is 2.46. The van der Waals surface area contributed by atoms with Crippen LogP contribution in [0.15, 0.2) is 45.6 Å². The van der Waals surface area contributed by atoms with Crippen molar-refractivity contribution in [1.29, 1.82) is 0 Å². The smallest absolute Gasteiger partial charge is 0.293 e. The number of ketones is 1. The van der Waals surface area contributed by atoms with Gasteiger partial charge in [-0.05, 0) is 41.6 Å². The second-order valence-electron chi connectivity index (χ2n) is 4.79. The molecule has 106 valence electrons. The van der Waals surface area contributed by atoms with Crippen LogP contribution in [0.2, 0.25) is 0 Å². The molecule has 0 aliphatic carbocycles. The summed E-state index contributed by atoms with van der Waals surface area (Å²) in [6, 6.07) is 9.72. The Morgan fingerprint density at radius 1 is 1.14 bits per heavy atom. The molecule has 0 atom stereocenters. The van der Waals surface area contributed by atoms with Crippen molar-refractivity contribution in [2.24, 2.45) is 5.73 Å². The Labute approximate surface area is 119 Å². The number of nitrogens with two attached hydrogens (primary N) is 1. The van der Waals surface area contributed by atoms with E-state index in [0.29, 0.717) is 16.4 Å². The van der Waals surface area contributed by atoms with Crippen molar-refractivity contribution >= 4 is 27.5 Å². The lowest BCUT2D eigenvalue weighted by Crippen LogP contribution is -2.08. The van der Waals surface area contributed by atoms with Gasteiger partial charge < -0.3 is 15.3 Å². The van der Waals surface area contributed by atoms with E-state index in [4.69, 9.17) is 10.2 Å². The molecule has 3 aromatic rings. The summed E-state index contributed by atoms with van der Waals surface area (Å²) in [6.45, 7) is 0.191. The molecule has 2 aromatic carbocycles. The molecule has 1 aromatic heterocycles. The highest BCUT2D eigenvalue weighted by Gasteiger charge is 2.15. The van der Waals surface area contributed by atoms with Gasteiger partial charge in [0.25, 0.3) is 5.95 Å². The molecule has 3 N–H and O–H groups in total. The van der Waals surface area contributed by atoms with Crippen molar-refractivity contribution in [1.82, 2.24) is 0 Å². The number of hydrogen-bond acceptors (Lipinski definition) is 5. The first-order chi connectivity index (χ1) is 10.1. The zero-order valence-corrected chi connectivity index (χ0v) is 11.1. The largest absolute Gasteiger partial charge is 0.480 e. The summed E-state index contributed by atoms with van der Waals surface area (Å²) < 4.78 is 5.30. The van der Waals surface area contributed by atoms with Crippen molar-refractivity contribution in [3.8, 4) is 5.95 Å². The normalized spacial score (nSPS) is 11.1. The molecule has 3 rings (SSSR count). The third kappa shape index (κ3) is 2.28. The van der Waals surface area contributed by atoms with E-state index in [-0.39, 0.29) is 29.7 Å². The highest BCUT2D eigenvalue weighted by Crippen LogP contribution is 2.30. The number of hydrogen-bond donors (Lipinski definition) is 2. The Kier molecular flexibility index (Phi) is 3.19. The molecule has 0 amide bonds. The van der Waals surface area contributed by atoms with Gasteiger partial charge in [-0.1, -0.05) is 12.1 Å². The van der Waals surface area contributed by atoms with E-state index in [1.807, 2.05) is 0 Å². The molecule has 21 heavy (non-hydrogen) atoms. The van der Waals surface area contributed by atoms with Crippen LogP contribution in [0.4, 0.5) is 0 Å². The van der Waals surface area contributed by atoms with Crippen LogP contribution in [0.1, 0.15) is 16.8 Å². The fourth-order valence-corrected chi connectivity index (χ4v) is 2.37. The predicted molar refractivity (Wildman–Crippen MR) is 79.7 cm³/mol. The number of carbonyl (C=O) groups excluding carboxylic acids is 1. The summed E-state index contributed by atoms with van der Waals surface area (Å²) in [5.41, 5.74) is 5.73. The first-order valence-electron chi connectivity index (χ1n) is 6.53. The maximum absolute atomic E-state index is 12.0. The topological polar surface area (TPSA) is 93.5 Å². The lowest BCUT2D eigenvalue weighted by Gasteiger charge is -2.07. The molecule has 0 saturated heterocycles. The van der Waals surface area contributed by atoms with Crippen LogP contribution in [0.3, 0.4) is 0 Å². The Morgan fingerprint density at radius 2 is 1.90 bits per heavy atom. The van der Waals surface area contributed by atoms with E-state index in [0.717, 1.165) is 5.39 Å². The van der Waals surface area contributed by atoms with Crippen LogP contribution in [-0.4, -0.2) is 17.4 Å². The third-order valence-corrected chi connectivity index (χ3v) is 3.39. The summed E-state index contributed by atoms with van der Waals surface area (Å²) in [6.07, 6.45) is 0.117.